The maximum Gasteiger partial charge on any atom is 0.231 e. The van der Waals surface area contributed by atoms with E-state index in [2.05, 4.69) is 20.6 Å². The molecule has 200 valence electrons. The smallest absolute Gasteiger partial charge is 0.231 e. The minimum absolute atomic E-state index is 0.0792. The quantitative estimate of drug-likeness (QED) is 0.461. The lowest BCUT2D eigenvalue weighted by Crippen LogP contribution is -2.29. The zero-order valence-electron chi connectivity index (χ0n) is 22.3. The normalized spacial score (nSPS) is 18.7. The van der Waals surface area contributed by atoms with Crippen molar-refractivity contribution < 1.29 is 28.9 Å². The highest BCUT2D eigenvalue weighted by Gasteiger charge is 2.41. The highest BCUT2D eigenvalue weighted by atomic mass is 16.5. The van der Waals surface area contributed by atoms with Crippen molar-refractivity contribution in [3.63, 3.8) is 0 Å². The van der Waals surface area contributed by atoms with Gasteiger partial charge in [0, 0.05) is 42.0 Å². The number of anilines is 2. The molecular weight excluding hydrogens is 476 g/mol. The molecule has 0 spiro atoms. The van der Waals surface area contributed by atoms with Crippen LogP contribution in [0, 0.1) is 17.8 Å². The second kappa shape index (κ2) is 10.9. The number of benzene rings is 1. The van der Waals surface area contributed by atoms with Crippen LogP contribution >= 0.6 is 0 Å². The van der Waals surface area contributed by atoms with E-state index in [0.717, 1.165) is 18.4 Å². The van der Waals surface area contributed by atoms with Gasteiger partial charge in [0.1, 0.15) is 11.9 Å². The number of aliphatic hydroxyl groups is 1. The second-order valence-corrected chi connectivity index (χ2v) is 10.3. The Kier molecular flexibility index (Phi) is 7.87. The summed E-state index contributed by atoms with van der Waals surface area (Å²) in [5, 5.41) is 16.7. The molecule has 1 saturated carbocycles. The molecule has 1 aliphatic carbocycles. The molecule has 1 aromatic carbocycles. The largest absolute Gasteiger partial charge is 0.493 e. The molecular formula is C27H36N4O6. The fourth-order valence-electron chi connectivity index (χ4n) is 4.37. The van der Waals surface area contributed by atoms with Crippen molar-refractivity contribution >= 4 is 23.6 Å². The summed E-state index contributed by atoms with van der Waals surface area (Å²) in [4.78, 5) is 33.5. The van der Waals surface area contributed by atoms with Crippen LogP contribution in [0.3, 0.4) is 0 Å². The van der Waals surface area contributed by atoms with Gasteiger partial charge in [0.05, 0.1) is 20.3 Å². The van der Waals surface area contributed by atoms with Crippen LogP contribution in [0.1, 0.15) is 69.8 Å². The lowest BCUT2D eigenvalue weighted by Gasteiger charge is -2.33. The molecule has 1 fully saturated rings. The minimum atomic E-state index is -0.747. The summed E-state index contributed by atoms with van der Waals surface area (Å²) < 4.78 is 17.6. The Labute approximate surface area is 217 Å². The summed E-state index contributed by atoms with van der Waals surface area (Å²) in [6.45, 7) is 7.11. The summed E-state index contributed by atoms with van der Waals surface area (Å²) in [6.07, 6.45) is 3.69. The number of hydrogen-bond donors (Lipinski definition) is 3. The molecule has 2 aromatic rings. The van der Waals surface area contributed by atoms with Crippen molar-refractivity contribution in [3.8, 4) is 17.2 Å². The maximum atomic E-state index is 12.6. The zero-order chi connectivity index (χ0) is 26.9. The van der Waals surface area contributed by atoms with Crippen molar-refractivity contribution in [1.29, 1.82) is 0 Å². The van der Waals surface area contributed by atoms with E-state index in [1.54, 1.807) is 48.1 Å². The van der Waals surface area contributed by atoms with E-state index in [9.17, 15) is 14.7 Å². The molecule has 0 bridgehead atoms. The van der Waals surface area contributed by atoms with Crippen molar-refractivity contribution in [1.82, 2.24) is 9.97 Å². The number of carbonyl (C=O) groups excluding carboxylic acids is 2. The molecule has 2 aliphatic rings. The van der Waals surface area contributed by atoms with Gasteiger partial charge >= 0.3 is 0 Å². The lowest BCUT2D eigenvalue weighted by atomic mass is 9.89. The number of aromatic nitrogens is 2. The van der Waals surface area contributed by atoms with Crippen LogP contribution in [0.4, 0.5) is 11.8 Å². The Balaban J connectivity index is 1.75. The Morgan fingerprint density at radius 2 is 1.76 bits per heavy atom. The van der Waals surface area contributed by atoms with Gasteiger partial charge in [-0.1, -0.05) is 27.7 Å². The molecule has 0 radical (unpaired) electrons. The molecule has 1 aliphatic heterocycles. The average Bonchev–Trinajstić information content (AvgIpc) is 3.70. The first-order chi connectivity index (χ1) is 17.6. The van der Waals surface area contributed by atoms with Crippen LogP contribution in [-0.4, -0.2) is 47.2 Å². The van der Waals surface area contributed by atoms with Crippen molar-refractivity contribution in [2.75, 3.05) is 24.9 Å². The highest BCUT2D eigenvalue weighted by molar-refractivity contribution is 5.93. The molecule has 2 amide bonds. The number of nitrogens with zero attached hydrogens (tertiary/aromatic N) is 2. The Morgan fingerprint density at radius 1 is 1.08 bits per heavy atom. The van der Waals surface area contributed by atoms with Gasteiger partial charge in [0.15, 0.2) is 11.5 Å². The van der Waals surface area contributed by atoms with Crippen LogP contribution in [0.15, 0.2) is 12.3 Å². The first-order valence-electron chi connectivity index (χ1n) is 12.7. The number of fused-ring (bicyclic) bond motifs is 1. The predicted molar refractivity (Wildman–Crippen MR) is 138 cm³/mol. The third-order valence-electron chi connectivity index (χ3n) is 6.73. The predicted octanol–water partition coefficient (Wildman–Crippen LogP) is 3.87. The Hall–Kier alpha value is -3.40. The van der Waals surface area contributed by atoms with E-state index in [-0.39, 0.29) is 42.1 Å². The number of hydrogen-bond acceptors (Lipinski definition) is 8. The average molecular weight is 513 g/mol. The fourth-order valence-corrected chi connectivity index (χ4v) is 4.37. The van der Waals surface area contributed by atoms with Crippen LogP contribution in [0.2, 0.25) is 0 Å². The van der Waals surface area contributed by atoms with Gasteiger partial charge in [-0.2, -0.15) is 4.98 Å². The highest BCUT2D eigenvalue weighted by Crippen LogP contribution is 2.52. The molecule has 4 rings (SSSR count). The Bertz CT molecular complexity index is 1180. The summed E-state index contributed by atoms with van der Waals surface area (Å²) in [7, 11) is 3.10. The number of ether oxygens (including phenoxy) is 3. The molecule has 3 N–H and O–H groups in total. The number of amides is 2. The monoisotopic (exact) mass is 512 g/mol. The number of rotatable bonds is 9. The maximum absolute atomic E-state index is 12.6. The van der Waals surface area contributed by atoms with E-state index in [1.165, 1.54) is 0 Å². The van der Waals surface area contributed by atoms with Crippen molar-refractivity contribution in [3.05, 3.63) is 29.0 Å². The van der Waals surface area contributed by atoms with Gasteiger partial charge < -0.3 is 24.6 Å². The standard InChI is InChI=1S/C27H36N4O6/c1-13(2)25(33)29-24-17(12-28-27(30-24)31-26(34)14(3)4)9-16-10-20(35-5)22(36-6)23-21(16)18(32)11-19(37-23)15-7-8-15/h10,12-15,18-19,32H,7-9,11H2,1-6H3,(H2,28,29,30,31,33,34). The van der Waals surface area contributed by atoms with Gasteiger partial charge in [0.25, 0.3) is 0 Å². The number of aliphatic hydroxyl groups excluding tert-OH is 1. The van der Waals surface area contributed by atoms with Crippen LogP contribution < -0.4 is 24.8 Å². The summed E-state index contributed by atoms with van der Waals surface area (Å²) in [6, 6.07) is 1.81. The minimum Gasteiger partial charge on any atom is -0.493 e. The second-order valence-electron chi connectivity index (χ2n) is 10.3. The lowest BCUT2D eigenvalue weighted by molar-refractivity contribution is -0.119. The van der Waals surface area contributed by atoms with Crippen LogP contribution in [-0.2, 0) is 16.0 Å². The molecule has 2 unspecified atom stereocenters. The fraction of sp³-hybridized carbons (Fsp3) is 0.556. The summed E-state index contributed by atoms with van der Waals surface area (Å²) in [5.41, 5.74) is 1.99. The van der Waals surface area contributed by atoms with E-state index < -0.39 is 6.10 Å². The van der Waals surface area contributed by atoms with Gasteiger partial charge in [-0.15, -0.1) is 0 Å². The first kappa shape index (κ1) is 26.7. The van der Waals surface area contributed by atoms with E-state index in [0.29, 0.717) is 46.5 Å². The van der Waals surface area contributed by atoms with Gasteiger partial charge in [0.2, 0.25) is 23.5 Å². The third kappa shape index (κ3) is 5.79. The molecule has 1 aromatic heterocycles. The molecule has 10 heteroatoms. The van der Waals surface area contributed by atoms with Crippen LogP contribution in [0.25, 0.3) is 0 Å². The SMILES string of the molecule is COc1cc(Cc2cnc(NC(=O)C(C)C)nc2NC(=O)C(C)C)c2c(c1OC)OC(C1CC1)CC2O. The molecule has 2 heterocycles. The molecule has 10 nitrogen and oxygen atoms in total. The molecule has 37 heavy (non-hydrogen) atoms. The topological polar surface area (TPSA) is 132 Å². The van der Waals surface area contributed by atoms with Gasteiger partial charge in [-0.25, -0.2) is 4.98 Å². The van der Waals surface area contributed by atoms with E-state index in [4.69, 9.17) is 14.2 Å². The van der Waals surface area contributed by atoms with Gasteiger partial charge in [-0.05, 0) is 30.4 Å². The third-order valence-corrected chi connectivity index (χ3v) is 6.73. The summed E-state index contributed by atoms with van der Waals surface area (Å²) in [5.74, 6) is 1.26. The van der Waals surface area contributed by atoms with Crippen molar-refractivity contribution in [2.24, 2.45) is 17.8 Å². The number of carbonyl (C=O) groups is 2. The van der Waals surface area contributed by atoms with E-state index >= 15 is 0 Å². The summed E-state index contributed by atoms with van der Waals surface area (Å²) >= 11 is 0. The molecule has 2 atom stereocenters. The Morgan fingerprint density at radius 3 is 2.35 bits per heavy atom. The van der Waals surface area contributed by atoms with Crippen molar-refractivity contribution in [2.45, 2.75) is 65.6 Å². The van der Waals surface area contributed by atoms with E-state index in [1.807, 2.05) is 6.07 Å². The first-order valence-corrected chi connectivity index (χ1v) is 12.7. The number of methoxy groups -OCH3 is 2. The van der Waals surface area contributed by atoms with Gasteiger partial charge in [-0.3, -0.25) is 14.9 Å². The van der Waals surface area contributed by atoms with Crippen LogP contribution in [0.5, 0.6) is 17.2 Å². The number of nitrogens with one attached hydrogen (secondary N) is 2. The molecule has 0 saturated heterocycles. The zero-order valence-corrected chi connectivity index (χ0v) is 22.3.